The Bertz CT molecular complexity index is 738. The van der Waals surface area contributed by atoms with Gasteiger partial charge in [-0.2, -0.15) is 8.42 Å². The second kappa shape index (κ2) is 8.70. The molecule has 0 aliphatic rings. The zero-order valence-corrected chi connectivity index (χ0v) is 14.7. The highest BCUT2D eigenvalue weighted by molar-refractivity contribution is 7.85. The zero-order chi connectivity index (χ0) is 17.4. The van der Waals surface area contributed by atoms with Gasteiger partial charge in [0.25, 0.3) is 10.1 Å². The summed E-state index contributed by atoms with van der Waals surface area (Å²) in [7, 11) is -1.73. The highest BCUT2D eigenvalue weighted by atomic mass is 32.2. The third-order valence-corrected chi connectivity index (χ3v) is 4.00. The molecule has 24 heavy (non-hydrogen) atoms. The number of hydrogen-bond acceptors (Lipinski definition) is 5. The Morgan fingerprint density at radius 1 is 0.875 bits per heavy atom. The van der Waals surface area contributed by atoms with Crippen molar-refractivity contribution in [1.82, 2.24) is 0 Å². The number of rotatable bonds is 9. The van der Waals surface area contributed by atoms with Gasteiger partial charge < -0.3 is 9.47 Å². The molecular formula is C18H22O5S. The quantitative estimate of drug-likeness (QED) is 0.651. The summed E-state index contributed by atoms with van der Waals surface area (Å²) in [6.07, 6.45) is 2.38. The van der Waals surface area contributed by atoms with Gasteiger partial charge in [0.15, 0.2) is 0 Å². The fraction of sp³-hybridized carbons (Fsp3) is 0.333. The molecule has 0 heterocycles. The second-order valence-corrected chi connectivity index (χ2v) is 7.01. The van der Waals surface area contributed by atoms with Crippen LogP contribution in [-0.2, 0) is 27.1 Å². The van der Waals surface area contributed by atoms with E-state index in [2.05, 4.69) is 0 Å². The molecule has 0 saturated heterocycles. The van der Waals surface area contributed by atoms with Crippen LogP contribution in [0, 0.1) is 0 Å². The molecule has 0 unspecified atom stereocenters. The molecular weight excluding hydrogens is 328 g/mol. The highest BCUT2D eigenvalue weighted by Crippen LogP contribution is 2.15. The molecule has 0 fully saturated rings. The van der Waals surface area contributed by atoms with E-state index >= 15 is 0 Å². The Hall–Kier alpha value is -2.05. The molecule has 2 rings (SSSR count). The first-order valence-corrected chi connectivity index (χ1v) is 9.47. The molecule has 0 aliphatic carbocycles. The lowest BCUT2D eigenvalue weighted by Crippen LogP contribution is -2.06. The average molecular weight is 350 g/mol. The molecule has 5 nitrogen and oxygen atoms in total. The van der Waals surface area contributed by atoms with E-state index in [4.69, 9.17) is 13.7 Å². The molecule has 0 bridgehead atoms. The first-order chi connectivity index (χ1) is 11.5. The largest absolute Gasteiger partial charge is 0.497 e. The number of benzene rings is 2. The van der Waals surface area contributed by atoms with Crippen LogP contribution in [0.2, 0.25) is 0 Å². The van der Waals surface area contributed by atoms with Crippen molar-refractivity contribution in [3.8, 4) is 11.5 Å². The summed E-state index contributed by atoms with van der Waals surface area (Å²) in [6, 6.07) is 15.5. The number of hydrogen-bond donors (Lipinski definition) is 0. The van der Waals surface area contributed by atoms with Crippen molar-refractivity contribution in [2.24, 2.45) is 0 Å². The summed E-state index contributed by atoms with van der Waals surface area (Å²) in [5.74, 6) is 1.62. The van der Waals surface area contributed by atoms with E-state index in [1.165, 1.54) is 0 Å². The first-order valence-electron chi connectivity index (χ1n) is 7.65. The molecule has 2 aromatic carbocycles. The van der Waals surface area contributed by atoms with Gasteiger partial charge >= 0.3 is 0 Å². The molecule has 130 valence electrons. The Kier molecular flexibility index (Phi) is 6.63. The van der Waals surface area contributed by atoms with E-state index in [1.807, 2.05) is 48.5 Å². The minimum atomic E-state index is -3.38. The zero-order valence-electron chi connectivity index (χ0n) is 13.9. The van der Waals surface area contributed by atoms with Crippen LogP contribution in [0.4, 0.5) is 0 Å². The first kappa shape index (κ1) is 18.3. The van der Waals surface area contributed by atoms with Gasteiger partial charge in [-0.05, 0) is 41.8 Å². The molecule has 0 N–H and O–H groups in total. The lowest BCUT2D eigenvalue weighted by molar-refractivity contribution is 0.320. The maximum Gasteiger partial charge on any atom is 0.264 e. The maximum absolute atomic E-state index is 10.9. The van der Waals surface area contributed by atoms with Crippen molar-refractivity contribution in [3.63, 3.8) is 0 Å². The molecule has 0 saturated carbocycles. The van der Waals surface area contributed by atoms with Gasteiger partial charge in [-0.1, -0.05) is 24.3 Å². The Labute approximate surface area is 143 Å². The molecule has 0 atom stereocenters. The van der Waals surface area contributed by atoms with Crippen LogP contribution >= 0.6 is 0 Å². The monoisotopic (exact) mass is 350 g/mol. The summed E-state index contributed by atoms with van der Waals surface area (Å²) in [4.78, 5) is 0. The summed E-state index contributed by atoms with van der Waals surface area (Å²) < 4.78 is 37.5. The van der Waals surface area contributed by atoms with Gasteiger partial charge in [0.2, 0.25) is 0 Å². The van der Waals surface area contributed by atoms with Crippen LogP contribution in [0.3, 0.4) is 0 Å². The fourth-order valence-corrected chi connectivity index (χ4v) is 2.56. The van der Waals surface area contributed by atoms with Gasteiger partial charge in [-0.25, -0.2) is 0 Å². The Balaban J connectivity index is 1.77. The van der Waals surface area contributed by atoms with E-state index in [-0.39, 0.29) is 6.61 Å². The topological polar surface area (TPSA) is 61.8 Å². The van der Waals surface area contributed by atoms with E-state index in [0.29, 0.717) is 13.0 Å². The Morgan fingerprint density at radius 3 is 2.25 bits per heavy atom. The standard InChI is InChI=1S/C18H22O5S/c1-21-18-5-3-4-16(14-18)10-12-22-17-8-6-15(7-9-17)11-13-23-24(2,19)20/h3-9,14H,10-13H2,1-2H3. The normalized spacial score (nSPS) is 11.2. The minimum Gasteiger partial charge on any atom is -0.497 e. The van der Waals surface area contributed by atoms with Crippen molar-refractivity contribution in [2.75, 3.05) is 26.6 Å². The predicted molar refractivity (Wildman–Crippen MR) is 93.1 cm³/mol. The smallest absolute Gasteiger partial charge is 0.264 e. The average Bonchev–Trinajstić information content (AvgIpc) is 2.55. The third kappa shape index (κ3) is 6.60. The van der Waals surface area contributed by atoms with Crippen LogP contribution in [0.5, 0.6) is 11.5 Å². The fourth-order valence-electron chi connectivity index (χ4n) is 2.18. The van der Waals surface area contributed by atoms with E-state index in [9.17, 15) is 8.42 Å². The summed E-state index contributed by atoms with van der Waals surface area (Å²) >= 11 is 0. The van der Waals surface area contributed by atoms with Crippen molar-refractivity contribution in [1.29, 1.82) is 0 Å². The van der Waals surface area contributed by atoms with Gasteiger partial charge in [0.05, 0.1) is 26.6 Å². The molecule has 0 amide bonds. The number of methoxy groups -OCH3 is 1. The minimum absolute atomic E-state index is 0.148. The van der Waals surface area contributed by atoms with E-state index in [1.54, 1.807) is 7.11 Å². The SMILES string of the molecule is COc1cccc(CCOc2ccc(CCOS(C)(=O)=O)cc2)c1. The second-order valence-electron chi connectivity index (χ2n) is 5.37. The Morgan fingerprint density at radius 2 is 1.58 bits per heavy atom. The van der Waals surface area contributed by atoms with Crippen LogP contribution in [0.1, 0.15) is 11.1 Å². The van der Waals surface area contributed by atoms with Crippen molar-refractivity contribution in [3.05, 3.63) is 59.7 Å². The van der Waals surface area contributed by atoms with E-state index < -0.39 is 10.1 Å². The van der Waals surface area contributed by atoms with Crippen molar-refractivity contribution < 1.29 is 22.1 Å². The molecule has 2 aromatic rings. The molecule has 0 aromatic heterocycles. The number of ether oxygens (including phenoxy) is 2. The lowest BCUT2D eigenvalue weighted by atomic mass is 10.1. The predicted octanol–water partition coefficient (Wildman–Crippen LogP) is 2.84. The maximum atomic E-state index is 10.9. The third-order valence-electron chi connectivity index (χ3n) is 3.41. The van der Waals surface area contributed by atoms with E-state index in [0.717, 1.165) is 35.3 Å². The molecule has 0 spiro atoms. The van der Waals surface area contributed by atoms with Crippen molar-refractivity contribution in [2.45, 2.75) is 12.8 Å². The van der Waals surface area contributed by atoms with Crippen molar-refractivity contribution >= 4 is 10.1 Å². The van der Waals surface area contributed by atoms with Gasteiger partial charge in [-0.3, -0.25) is 4.18 Å². The molecule has 0 aliphatic heterocycles. The van der Waals surface area contributed by atoms with Gasteiger partial charge in [-0.15, -0.1) is 0 Å². The van der Waals surface area contributed by atoms with Gasteiger partial charge in [0, 0.05) is 6.42 Å². The summed E-state index contributed by atoms with van der Waals surface area (Å²) in [5.41, 5.74) is 2.16. The highest BCUT2D eigenvalue weighted by Gasteiger charge is 2.02. The molecule has 0 radical (unpaired) electrons. The summed E-state index contributed by atoms with van der Waals surface area (Å²) in [5, 5.41) is 0. The van der Waals surface area contributed by atoms with Gasteiger partial charge in [0.1, 0.15) is 11.5 Å². The van der Waals surface area contributed by atoms with Crippen LogP contribution < -0.4 is 9.47 Å². The summed E-state index contributed by atoms with van der Waals surface area (Å²) in [6.45, 7) is 0.721. The lowest BCUT2D eigenvalue weighted by Gasteiger charge is -2.08. The van der Waals surface area contributed by atoms with Crippen LogP contribution in [0.25, 0.3) is 0 Å². The van der Waals surface area contributed by atoms with Crippen LogP contribution in [-0.4, -0.2) is 35.0 Å². The van der Waals surface area contributed by atoms with Crippen LogP contribution in [0.15, 0.2) is 48.5 Å². The molecule has 6 heteroatoms.